The summed E-state index contributed by atoms with van der Waals surface area (Å²) < 4.78 is 4.93. The van der Waals surface area contributed by atoms with E-state index in [1.807, 2.05) is 38.1 Å². The molecule has 0 aromatic heterocycles. The van der Waals surface area contributed by atoms with Gasteiger partial charge in [0, 0.05) is 12.1 Å². The molecule has 1 rings (SSSR count). The molecule has 0 aliphatic carbocycles. The fraction of sp³-hybridized carbons (Fsp3) is 0.438. The molecule has 112 valence electrons. The van der Waals surface area contributed by atoms with E-state index in [9.17, 15) is 9.59 Å². The van der Waals surface area contributed by atoms with Crippen molar-refractivity contribution in [1.29, 1.82) is 5.26 Å². The van der Waals surface area contributed by atoms with Crippen molar-refractivity contribution >= 4 is 17.6 Å². The van der Waals surface area contributed by atoms with E-state index in [-0.39, 0.29) is 31.3 Å². The number of benzene rings is 1. The lowest BCUT2D eigenvalue weighted by molar-refractivity contribution is -0.144. The Hall–Kier alpha value is -2.35. The number of nitrogens with zero attached hydrogens (tertiary/aromatic N) is 2. The Labute approximate surface area is 125 Å². The van der Waals surface area contributed by atoms with E-state index in [4.69, 9.17) is 10.00 Å². The molecule has 0 spiro atoms. The molecule has 0 aliphatic rings. The third-order valence-corrected chi connectivity index (χ3v) is 2.85. The molecule has 1 amide bonds. The maximum Gasteiger partial charge on any atom is 0.306 e. The molecular weight excluding hydrogens is 268 g/mol. The van der Waals surface area contributed by atoms with Crippen molar-refractivity contribution in [3.8, 4) is 6.07 Å². The molecule has 0 N–H and O–H groups in total. The first-order chi connectivity index (χ1) is 10.1. The summed E-state index contributed by atoms with van der Waals surface area (Å²) in [5, 5.41) is 8.87. The van der Waals surface area contributed by atoms with Crippen LogP contribution < -0.4 is 4.90 Å². The molecule has 0 heterocycles. The van der Waals surface area contributed by atoms with Crippen molar-refractivity contribution < 1.29 is 14.3 Å². The highest BCUT2D eigenvalue weighted by atomic mass is 16.5. The van der Waals surface area contributed by atoms with Crippen molar-refractivity contribution in [2.24, 2.45) is 0 Å². The second-order valence-electron chi connectivity index (χ2n) is 4.70. The second kappa shape index (κ2) is 8.75. The van der Waals surface area contributed by atoms with Crippen LogP contribution in [0.2, 0.25) is 0 Å². The van der Waals surface area contributed by atoms with E-state index >= 15 is 0 Å². The van der Waals surface area contributed by atoms with Gasteiger partial charge in [0.1, 0.15) is 6.54 Å². The Kier molecular flexibility index (Phi) is 6.96. The summed E-state index contributed by atoms with van der Waals surface area (Å²) in [5.74, 6) is -0.637. The van der Waals surface area contributed by atoms with E-state index in [2.05, 4.69) is 0 Å². The number of amides is 1. The molecule has 21 heavy (non-hydrogen) atoms. The molecule has 0 atom stereocenters. The third-order valence-electron chi connectivity index (χ3n) is 2.85. The van der Waals surface area contributed by atoms with E-state index in [0.717, 1.165) is 12.0 Å². The Morgan fingerprint density at radius 1 is 1.33 bits per heavy atom. The van der Waals surface area contributed by atoms with Crippen molar-refractivity contribution in [1.82, 2.24) is 0 Å². The van der Waals surface area contributed by atoms with E-state index < -0.39 is 0 Å². The molecule has 1 aromatic carbocycles. The lowest BCUT2D eigenvalue weighted by Gasteiger charge is -2.20. The van der Waals surface area contributed by atoms with Gasteiger partial charge in [-0.2, -0.15) is 5.26 Å². The number of aryl methyl sites for hydroxylation is 1. The number of hydrogen-bond acceptors (Lipinski definition) is 4. The number of esters is 1. The van der Waals surface area contributed by atoms with Crippen molar-refractivity contribution in [3.05, 3.63) is 29.8 Å². The average molecular weight is 288 g/mol. The highest BCUT2D eigenvalue weighted by Gasteiger charge is 2.17. The molecule has 5 nitrogen and oxygen atoms in total. The predicted octanol–water partition coefficient (Wildman–Crippen LogP) is 2.59. The standard InChI is InChI=1S/C16H20N2O3/c1-3-11-21-16(20)8-7-15(19)18(10-9-17)14-6-4-5-13(2)12-14/h4-6,12H,3,7-8,10-11H2,1-2H3. The normalized spacial score (nSPS) is 9.76. The molecular formula is C16H20N2O3. The maximum atomic E-state index is 12.2. The van der Waals surface area contributed by atoms with Gasteiger partial charge in [-0.05, 0) is 31.0 Å². The first-order valence-electron chi connectivity index (χ1n) is 6.98. The number of carbonyl (C=O) groups excluding carboxylic acids is 2. The van der Waals surface area contributed by atoms with Gasteiger partial charge in [0.15, 0.2) is 0 Å². The zero-order chi connectivity index (χ0) is 15.7. The molecule has 0 unspecified atom stereocenters. The van der Waals surface area contributed by atoms with E-state index in [1.54, 1.807) is 6.07 Å². The van der Waals surface area contributed by atoms with Crippen LogP contribution in [0.15, 0.2) is 24.3 Å². The second-order valence-corrected chi connectivity index (χ2v) is 4.70. The summed E-state index contributed by atoms with van der Waals surface area (Å²) in [6, 6.07) is 9.34. The van der Waals surface area contributed by atoms with Crippen molar-refractivity contribution in [3.63, 3.8) is 0 Å². The van der Waals surface area contributed by atoms with Gasteiger partial charge in [0.25, 0.3) is 0 Å². The molecule has 0 fully saturated rings. The summed E-state index contributed by atoms with van der Waals surface area (Å²) >= 11 is 0. The Morgan fingerprint density at radius 2 is 2.10 bits per heavy atom. The number of ether oxygens (including phenoxy) is 1. The van der Waals surface area contributed by atoms with Crippen LogP contribution in [0, 0.1) is 18.3 Å². The van der Waals surface area contributed by atoms with Gasteiger partial charge in [0.05, 0.1) is 19.1 Å². The number of nitriles is 1. The first-order valence-corrected chi connectivity index (χ1v) is 6.98. The molecule has 0 saturated heterocycles. The summed E-state index contributed by atoms with van der Waals surface area (Å²) in [7, 11) is 0. The summed E-state index contributed by atoms with van der Waals surface area (Å²) in [6.07, 6.45) is 0.828. The highest BCUT2D eigenvalue weighted by molar-refractivity contribution is 5.95. The van der Waals surface area contributed by atoms with Gasteiger partial charge in [-0.25, -0.2) is 0 Å². The van der Waals surface area contributed by atoms with Crippen LogP contribution in [0.1, 0.15) is 31.7 Å². The fourth-order valence-electron chi connectivity index (χ4n) is 1.82. The monoisotopic (exact) mass is 288 g/mol. The van der Waals surface area contributed by atoms with Gasteiger partial charge in [-0.3, -0.25) is 14.5 Å². The van der Waals surface area contributed by atoms with Crippen LogP contribution in [0.25, 0.3) is 0 Å². The van der Waals surface area contributed by atoms with Gasteiger partial charge in [-0.15, -0.1) is 0 Å². The fourth-order valence-corrected chi connectivity index (χ4v) is 1.82. The average Bonchev–Trinajstić information content (AvgIpc) is 2.48. The van der Waals surface area contributed by atoms with Gasteiger partial charge < -0.3 is 4.74 Å². The Balaban J connectivity index is 2.66. The molecule has 0 saturated carbocycles. The zero-order valence-corrected chi connectivity index (χ0v) is 12.5. The van der Waals surface area contributed by atoms with Crippen molar-refractivity contribution in [2.75, 3.05) is 18.1 Å². The maximum absolute atomic E-state index is 12.2. The number of anilines is 1. The summed E-state index contributed by atoms with van der Waals surface area (Å²) in [4.78, 5) is 25.0. The minimum atomic E-state index is -0.383. The van der Waals surface area contributed by atoms with Gasteiger partial charge in [-0.1, -0.05) is 19.1 Å². The number of rotatable bonds is 7. The van der Waals surface area contributed by atoms with Crippen LogP contribution in [0.5, 0.6) is 0 Å². The van der Waals surface area contributed by atoms with E-state index in [0.29, 0.717) is 12.3 Å². The molecule has 0 aliphatic heterocycles. The van der Waals surface area contributed by atoms with Crippen LogP contribution >= 0.6 is 0 Å². The molecule has 5 heteroatoms. The number of hydrogen-bond donors (Lipinski definition) is 0. The molecule has 1 aromatic rings. The molecule has 0 bridgehead atoms. The van der Waals surface area contributed by atoms with Crippen LogP contribution in [-0.2, 0) is 14.3 Å². The zero-order valence-electron chi connectivity index (χ0n) is 12.5. The summed E-state index contributed by atoms with van der Waals surface area (Å²) in [5.41, 5.74) is 1.68. The molecule has 0 radical (unpaired) electrons. The largest absolute Gasteiger partial charge is 0.466 e. The first kappa shape index (κ1) is 16.7. The van der Waals surface area contributed by atoms with Gasteiger partial charge >= 0.3 is 5.97 Å². The topological polar surface area (TPSA) is 70.4 Å². The number of carbonyl (C=O) groups is 2. The minimum Gasteiger partial charge on any atom is -0.466 e. The third kappa shape index (κ3) is 5.65. The predicted molar refractivity (Wildman–Crippen MR) is 79.6 cm³/mol. The Morgan fingerprint density at radius 3 is 2.71 bits per heavy atom. The summed E-state index contributed by atoms with van der Waals surface area (Å²) in [6.45, 7) is 4.16. The van der Waals surface area contributed by atoms with Crippen LogP contribution in [0.3, 0.4) is 0 Å². The quantitative estimate of drug-likeness (QED) is 0.571. The lowest BCUT2D eigenvalue weighted by atomic mass is 10.2. The van der Waals surface area contributed by atoms with Crippen LogP contribution in [-0.4, -0.2) is 25.0 Å². The van der Waals surface area contributed by atoms with E-state index in [1.165, 1.54) is 4.90 Å². The smallest absolute Gasteiger partial charge is 0.306 e. The SMILES string of the molecule is CCCOC(=O)CCC(=O)N(CC#N)c1cccc(C)c1. The van der Waals surface area contributed by atoms with Crippen molar-refractivity contribution in [2.45, 2.75) is 33.1 Å². The lowest BCUT2D eigenvalue weighted by Crippen LogP contribution is -2.31. The minimum absolute atomic E-state index is 0.0343. The Bertz CT molecular complexity index is 535. The van der Waals surface area contributed by atoms with Gasteiger partial charge in [0.2, 0.25) is 5.91 Å². The highest BCUT2D eigenvalue weighted by Crippen LogP contribution is 2.17. The van der Waals surface area contributed by atoms with Crippen LogP contribution in [0.4, 0.5) is 5.69 Å².